The van der Waals surface area contributed by atoms with E-state index in [4.69, 9.17) is 0 Å². The Hall–Kier alpha value is -0.620. The van der Waals surface area contributed by atoms with Gasteiger partial charge in [-0.05, 0) is 39.3 Å². The highest BCUT2D eigenvalue weighted by atomic mass is 32.2. The molecule has 0 bridgehead atoms. The molecule has 2 heterocycles. The van der Waals surface area contributed by atoms with Crippen LogP contribution in [-0.2, 0) is 14.8 Å². The number of amides is 1. The minimum absolute atomic E-state index is 0.160. The van der Waals surface area contributed by atoms with Gasteiger partial charge in [0.25, 0.3) is 15.9 Å². The lowest BCUT2D eigenvalue weighted by Crippen LogP contribution is -2.71. The van der Waals surface area contributed by atoms with E-state index in [-0.39, 0.29) is 17.9 Å². The molecule has 0 saturated carbocycles. The largest absolute Gasteiger partial charge is 0.316 e. The number of piperidine rings is 1. The van der Waals surface area contributed by atoms with Crippen molar-refractivity contribution in [3.05, 3.63) is 0 Å². The van der Waals surface area contributed by atoms with Crippen LogP contribution in [0.2, 0.25) is 0 Å². The molecule has 0 aromatic heterocycles. The Morgan fingerprint density at radius 3 is 2.56 bits per heavy atom. The van der Waals surface area contributed by atoms with Crippen molar-refractivity contribution in [2.75, 3.05) is 13.1 Å². The maximum Gasteiger partial charge on any atom is 0.259 e. The molecule has 92 valence electrons. The van der Waals surface area contributed by atoms with Gasteiger partial charge in [-0.2, -0.15) is 0 Å². The van der Waals surface area contributed by atoms with E-state index in [2.05, 4.69) is 5.32 Å². The molecule has 6 heteroatoms. The first kappa shape index (κ1) is 11.9. The fourth-order valence-corrected chi connectivity index (χ4v) is 4.16. The van der Waals surface area contributed by atoms with Gasteiger partial charge in [-0.1, -0.05) is 6.92 Å². The first-order chi connectivity index (χ1) is 7.30. The average Bonchev–Trinajstić information content (AvgIpc) is 2.20. The fraction of sp³-hybridized carbons (Fsp3) is 0.900. The predicted molar refractivity (Wildman–Crippen MR) is 60.3 cm³/mol. The van der Waals surface area contributed by atoms with Crippen molar-refractivity contribution in [3.8, 4) is 0 Å². The van der Waals surface area contributed by atoms with Crippen LogP contribution >= 0.6 is 0 Å². The van der Waals surface area contributed by atoms with Gasteiger partial charge in [0.2, 0.25) is 0 Å². The monoisotopic (exact) mass is 246 g/mol. The lowest BCUT2D eigenvalue weighted by molar-refractivity contribution is -0.135. The molecular weight excluding hydrogens is 228 g/mol. The number of hydrogen-bond acceptors (Lipinski definition) is 4. The van der Waals surface area contributed by atoms with Crippen LogP contribution in [0, 0.1) is 5.92 Å². The minimum Gasteiger partial charge on any atom is -0.316 e. The van der Waals surface area contributed by atoms with Crippen LogP contribution in [0.3, 0.4) is 0 Å². The molecule has 16 heavy (non-hydrogen) atoms. The smallest absolute Gasteiger partial charge is 0.259 e. The normalized spacial score (nSPS) is 36.9. The Morgan fingerprint density at radius 2 is 2.06 bits per heavy atom. The molecule has 2 rings (SSSR count). The highest BCUT2D eigenvalue weighted by molar-refractivity contribution is 7.94. The summed E-state index contributed by atoms with van der Waals surface area (Å²) in [5.74, 6) is -0.0742. The second-order valence-electron chi connectivity index (χ2n) is 5.15. The Morgan fingerprint density at radius 1 is 1.44 bits per heavy atom. The van der Waals surface area contributed by atoms with Gasteiger partial charge < -0.3 is 5.32 Å². The first-order valence-corrected chi connectivity index (χ1v) is 7.03. The van der Waals surface area contributed by atoms with E-state index in [0.717, 1.165) is 17.4 Å². The molecule has 2 fully saturated rings. The van der Waals surface area contributed by atoms with Crippen molar-refractivity contribution >= 4 is 15.9 Å². The summed E-state index contributed by atoms with van der Waals surface area (Å²) < 4.78 is 23.9. The van der Waals surface area contributed by atoms with E-state index in [0.29, 0.717) is 6.42 Å². The molecule has 5 nitrogen and oxygen atoms in total. The van der Waals surface area contributed by atoms with Crippen molar-refractivity contribution in [1.29, 1.82) is 0 Å². The van der Waals surface area contributed by atoms with Gasteiger partial charge in [-0.25, -0.2) is 12.7 Å². The number of nitrogens with one attached hydrogen (secondary N) is 1. The average molecular weight is 246 g/mol. The number of sulfonamides is 1. The van der Waals surface area contributed by atoms with Gasteiger partial charge in [0.05, 0.1) is 6.04 Å². The lowest BCUT2D eigenvalue weighted by Gasteiger charge is -2.49. The summed E-state index contributed by atoms with van der Waals surface area (Å²) in [5.41, 5.74) is 0. The van der Waals surface area contributed by atoms with Crippen molar-refractivity contribution in [3.63, 3.8) is 0 Å². The SMILES string of the molecule is CC1CNCCC1N1C(=O)C(C)(C)S1(=O)=O. The minimum atomic E-state index is -3.43. The zero-order chi connectivity index (χ0) is 12.1. The highest BCUT2D eigenvalue weighted by Crippen LogP contribution is 2.39. The number of carbonyl (C=O) groups excluding carboxylic acids is 1. The molecule has 2 atom stereocenters. The summed E-state index contributed by atoms with van der Waals surface area (Å²) in [7, 11) is -3.43. The molecule has 2 unspecified atom stereocenters. The quantitative estimate of drug-likeness (QED) is 0.703. The van der Waals surface area contributed by atoms with E-state index in [1.165, 1.54) is 13.8 Å². The number of nitrogens with zero attached hydrogens (tertiary/aromatic N) is 1. The second kappa shape index (κ2) is 3.43. The zero-order valence-corrected chi connectivity index (χ0v) is 10.7. The van der Waals surface area contributed by atoms with Crippen LogP contribution in [-0.4, -0.2) is 42.5 Å². The van der Waals surface area contributed by atoms with E-state index < -0.39 is 14.8 Å². The third-order valence-corrected chi connectivity index (χ3v) is 6.08. The highest BCUT2D eigenvalue weighted by Gasteiger charge is 2.62. The van der Waals surface area contributed by atoms with Gasteiger partial charge in [0.1, 0.15) is 0 Å². The predicted octanol–water partition coefficient (Wildman–Crippen LogP) is -0.0650. The van der Waals surface area contributed by atoms with Crippen LogP contribution in [0.25, 0.3) is 0 Å². The van der Waals surface area contributed by atoms with E-state index in [1.807, 2.05) is 6.92 Å². The van der Waals surface area contributed by atoms with E-state index in [9.17, 15) is 13.2 Å². The van der Waals surface area contributed by atoms with Crippen LogP contribution < -0.4 is 5.32 Å². The van der Waals surface area contributed by atoms with Crippen LogP contribution in [0.1, 0.15) is 27.2 Å². The molecule has 2 saturated heterocycles. The topological polar surface area (TPSA) is 66.5 Å². The summed E-state index contributed by atoms with van der Waals surface area (Å²) in [4.78, 5) is 11.9. The molecule has 0 spiro atoms. The molecule has 0 aliphatic carbocycles. The van der Waals surface area contributed by atoms with Crippen molar-refractivity contribution in [2.24, 2.45) is 5.92 Å². The van der Waals surface area contributed by atoms with Gasteiger partial charge >= 0.3 is 0 Å². The number of rotatable bonds is 1. The van der Waals surface area contributed by atoms with Crippen LogP contribution in [0.5, 0.6) is 0 Å². The molecule has 1 N–H and O–H groups in total. The fourth-order valence-electron chi connectivity index (χ4n) is 2.37. The molecular formula is C10H18N2O3S. The summed E-state index contributed by atoms with van der Waals surface area (Å²) in [6, 6.07) is -0.160. The number of carbonyl (C=O) groups is 1. The van der Waals surface area contributed by atoms with Crippen LogP contribution in [0.15, 0.2) is 0 Å². The van der Waals surface area contributed by atoms with E-state index in [1.54, 1.807) is 0 Å². The van der Waals surface area contributed by atoms with Crippen molar-refractivity contribution in [2.45, 2.75) is 38.0 Å². The van der Waals surface area contributed by atoms with Crippen molar-refractivity contribution in [1.82, 2.24) is 9.62 Å². The molecule has 2 aliphatic heterocycles. The van der Waals surface area contributed by atoms with E-state index >= 15 is 0 Å². The maximum atomic E-state index is 12.0. The zero-order valence-electron chi connectivity index (χ0n) is 9.86. The molecule has 0 aromatic carbocycles. The Labute approximate surface area is 96.2 Å². The maximum absolute atomic E-state index is 12.0. The summed E-state index contributed by atoms with van der Waals surface area (Å²) in [6.45, 7) is 6.48. The summed E-state index contributed by atoms with van der Waals surface area (Å²) in [6.07, 6.45) is 0.711. The summed E-state index contributed by atoms with van der Waals surface area (Å²) >= 11 is 0. The van der Waals surface area contributed by atoms with Gasteiger partial charge in [-0.3, -0.25) is 4.79 Å². The van der Waals surface area contributed by atoms with Gasteiger partial charge in [-0.15, -0.1) is 0 Å². The number of hydrogen-bond donors (Lipinski definition) is 1. The van der Waals surface area contributed by atoms with Gasteiger partial charge in [0.15, 0.2) is 4.75 Å². The molecule has 0 aromatic rings. The lowest BCUT2D eigenvalue weighted by atomic mass is 9.94. The Kier molecular flexibility index (Phi) is 2.54. The Bertz CT molecular complexity index is 416. The third kappa shape index (κ3) is 1.32. The standard InChI is InChI=1S/C10H18N2O3S/c1-7-6-11-5-4-8(7)12-9(13)10(2,3)16(12,14)15/h7-8,11H,4-6H2,1-3H3. The van der Waals surface area contributed by atoms with Crippen molar-refractivity contribution < 1.29 is 13.2 Å². The molecule has 1 amide bonds. The third-order valence-electron chi connectivity index (χ3n) is 3.66. The molecule has 0 radical (unpaired) electrons. The van der Waals surface area contributed by atoms with Crippen LogP contribution in [0.4, 0.5) is 0 Å². The van der Waals surface area contributed by atoms with Gasteiger partial charge in [0, 0.05) is 0 Å². The second-order valence-corrected chi connectivity index (χ2v) is 7.52. The first-order valence-electron chi connectivity index (χ1n) is 5.59. The molecule has 2 aliphatic rings. The Balaban J connectivity index is 2.27. The summed E-state index contributed by atoms with van der Waals surface area (Å²) in [5, 5.41) is 3.20.